The minimum absolute atomic E-state index is 1.11. The smallest absolute Gasteiger partial charge is 0.0453 e. The first-order valence-corrected chi connectivity index (χ1v) is 6.13. The summed E-state index contributed by atoms with van der Waals surface area (Å²) in [5.74, 6) is 5.18. The van der Waals surface area contributed by atoms with Crippen LogP contribution in [-0.4, -0.2) is 23.1 Å². The van der Waals surface area contributed by atoms with Gasteiger partial charge in [0.15, 0.2) is 0 Å². The van der Waals surface area contributed by atoms with Crippen LogP contribution in [0.3, 0.4) is 0 Å². The summed E-state index contributed by atoms with van der Waals surface area (Å²) >= 11 is 0. The van der Waals surface area contributed by atoms with Gasteiger partial charge in [0.1, 0.15) is 0 Å². The second-order valence-electron chi connectivity index (χ2n) is 4.24. The molecule has 4 N–H and O–H groups in total. The lowest BCUT2D eigenvalue weighted by atomic mass is 10.2. The summed E-state index contributed by atoms with van der Waals surface area (Å²) in [4.78, 5) is 3.12. The second kappa shape index (κ2) is 6.39. The van der Waals surface area contributed by atoms with E-state index in [0.717, 1.165) is 13.1 Å². The van der Waals surface area contributed by atoms with Crippen LogP contribution in [0.2, 0.25) is 0 Å². The van der Waals surface area contributed by atoms with E-state index in [4.69, 9.17) is 5.84 Å². The maximum atomic E-state index is 5.18. The van der Waals surface area contributed by atoms with Crippen molar-refractivity contribution in [3.63, 3.8) is 0 Å². The van der Waals surface area contributed by atoms with E-state index in [-0.39, 0.29) is 0 Å². The quantitative estimate of drug-likeness (QED) is 0.521. The van der Waals surface area contributed by atoms with Crippen LogP contribution in [0, 0.1) is 0 Å². The fourth-order valence-corrected chi connectivity index (χ4v) is 2.02. The molecule has 0 unspecified atom stereocenters. The van der Waals surface area contributed by atoms with E-state index in [2.05, 4.69) is 28.7 Å². The molecule has 1 aromatic carbocycles. The number of hydrogen-bond acceptors (Lipinski definition) is 3. The molecule has 1 fully saturated rings. The van der Waals surface area contributed by atoms with Gasteiger partial charge in [0, 0.05) is 24.8 Å². The molecule has 0 bridgehead atoms. The molecule has 4 heteroatoms. The molecular formula is C13H20N4. The minimum atomic E-state index is 1.11. The third-order valence-corrected chi connectivity index (χ3v) is 3.00. The standard InChI is InChI=1S/C8H7N.C5H13N3/c1-2-4-8-7(3-1)5-6-9-8;6-7-8-4-2-1-3-5-8/h1-6,9H;7H,1-6H2. The van der Waals surface area contributed by atoms with Crippen molar-refractivity contribution in [3.05, 3.63) is 36.5 Å². The van der Waals surface area contributed by atoms with E-state index in [1.807, 2.05) is 23.3 Å². The molecule has 4 nitrogen and oxygen atoms in total. The molecule has 1 saturated heterocycles. The summed E-state index contributed by atoms with van der Waals surface area (Å²) in [5.41, 5.74) is 3.84. The highest BCUT2D eigenvalue weighted by Gasteiger charge is 2.05. The molecule has 1 aromatic heterocycles. The highest BCUT2D eigenvalue weighted by atomic mass is 15.6. The monoisotopic (exact) mass is 232 g/mol. The second-order valence-corrected chi connectivity index (χ2v) is 4.24. The van der Waals surface area contributed by atoms with Crippen LogP contribution in [-0.2, 0) is 0 Å². The van der Waals surface area contributed by atoms with E-state index >= 15 is 0 Å². The van der Waals surface area contributed by atoms with Crippen molar-refractivity contribution in [2.45, 2.75) is 19.3 Å². The van der Waals surface area contributed by atoms with Gasteiger partial charge in [-0.25, -0.2) is 5.01 Å². The zero-order valence-corrected chi connectivity index (χ0v) is 10.0. The highest BCUT2D eigenvalue weighted by Crippen LogP contribution is 2.09. The zero-order chi connectivity index (χ0) is 11.9. The molecule has 1 aliphatic heterocycles. The minimum Gasteiger partial charge on any atom is -0.361 e. The molecule has 0 radical (unpaired) electrons. The lowest BCUT2D eigenvalue weighted by Gasteiger charge is -2.24. The predicted octanol–water partition coefficient (Wildman–Crippen LogP) is 2.02. The first-order chi connectivity index (χ1) is 8.40. The summed E-state index contributed by atoms with van der Waals surface area (Å²) in [6.07, 6.45) is 5.87. The number of aromatic amines is 1. The van der Waals surface area contributed by atoms with Gasteiger partial charge in [-0.05, 0) is 30.4 Å². The summed E-state index contributed by atoms with van der Waals surface area (Å²) in [7, 11) is 0. The number of hydrazine groups is 2. The Hall–Kier alpha value is -1.36. The number of aromatic nitrogens is 1. The van der Waals surface area contributed by atoms with Crippen molar-refractivity contribution in [1.29, 1.82) is 0 Å². The van der Waals surface area contributed by atoms with Gasteiger partial charge in [-0.3, -0.25) is 5.84 Å². The van der Waals surface area contributed by atoms with Gasteiger partial charge in [-0.15, -0.1) is 0 Å². The number of rotatable bonds is 1. The van der Waals surface area contributed by atoms with Gasteiger partial charge in [-0.1, -0.05) is 24.6 Å². The van der Waals surface area contributed by atoms with Crippen molar-refractivity contribution in [2.24, 2.45) is 5.84 Å². The van der Waals surface area contributed by atoms with E-state index in [1.165, 1.54) is 30.2 Å². The van der Waals surface area contributed by atoms with Gasteiger partial charge in [0.2, 0.25) is 0 Å². The summed E-state index contributed by atoms with van der Waals surface area (Å²) < 4.78 is 0. The Morgan fingerprint density at radius 3 is 2.47 bits per heavy atom. The van der Waals surface area contributed by atoms with Crippen LogP contribution in [0.1, 0.15) is 19.3 Å². The largest absolute Gasteiger partial charge is 0.361 e. The maximum Gasteiger partial charge on any atom is 0.0453 e. The van der Waals surface area contributed by atoms with Gasteiger partial charge >= 0.3 is 0 Å². The number of fused-ring (bicyclic) bond motifs is 1. The molecular weight excluding hydrogens is 212 g/mol. The number of benzene rings is 1. The molecule has 0 aliphatic carbocycles. The van der Waals surface area contributed by atoms with Crippen LogP contribution >= 0.6 is 0 Å². The number of H-pyrrole nitrogens is 1. The van der Waals surface area contributed by atoms with Gasteiger partial charge < -0.3 is 4.98 Å². The van der Waals surface area contributed by atoms with Gasteiger partial charge in [0.05, 0.1) is 0 Å². The number of nitrogens with one attached hydrogen (secondary N) is 2. The summed E-state index contributed by atoms with van der Waals surface area (Å²) in [5, 5.41) is 3.32. The van der Waals surface area contributed by atoms with Gasteiger partial charge in [0.25, 0.3) is 0 Å². The molecule has 2 heterocycles. The first-order valence-electron chi connectivity index (χ1n) is 6.13. The topological polar surface area (TPSA) is 57.1 Å². The average Bonchev–Trinajstić information content (AvgIpc) is 2.89. The summed E-state index contributed by atoms with van der Waals surface area (Å²) in [6.45, 7) is 2.22. The molecule has 0 saturated carbocycles. The van der Waals surface area contributed by atoms with E-state index in [0.29, 0.717) is 0 Å². The van der Waals surface area contributed by atoms with Crippen molar-refractivity contribution < 1.29 is 0 Å². The molecule has 17 heavy (non-hydrogen) atoms. The average molecular weight is 232 g/mol. The summed E-state index contributed by atoms with van der Waals surface area (Å²) in [6, 6.07) is 10.3. The Bertz CT molecular complexity index is 401. The number of nitrogens with two attached hydrogens (primary N) is 1. The van der Waals surface area contributed by atoms with E-state index in [9.17, 15) is 0 Å². The van der Waals surface area contributed by atoms with Crippen LogP contribution in [0.5, 0.6) is 0 Å². The van der Waals surface area contributed by atoms with Gasteiger partial charge in [-0.2, -0.15) is 5.53 Å². The Morgan fingerprint density at radius 1 is 1.06 bits per heavy atom. The number of piperidine rings is 1. The number of nitrogens with zero attached hydrogens (tertiary/aromatic N) is 1. The third kappa shape index (κ3) is 3.56. The predicted molar refractivity (Wildman–Crippen MR) is 71.0 cm³/mol. The Kier molecular flexibility index (Phi) is 4.55. The fraction of sp³-hybridized carbons (Fsp3) is 0.385. The number of hydrogen-bond donors (Lipinski definition) is 3. The first kappa shape index (κ1) is 12.1. The Morgan fingerprint density at radius 2 is 1.82 bits per heavy atom. The lowest BCUT2D eigenvalue weighted by Crippen LogP contribution is -2.45. The molecule has 0 spiro atoms. The van der Waals surface area contributed by atoms with Crippen LogP contribution < -0.4 is 11.4 Å². The third-order valence-electron chi connectivity index (χ3n) is 3.00. The van der Waals surface area contributed by atoms with Crippen LogP contribution in [0.25, 0.3) is 10.9 Å². The van der Waals surface area contributed by atoms with Crippen molar-refractivity contribution in [3.8, 4) is 0 Å². The number of para-hydroxylation sites is 1. The highest BCUT2D eigenvalue weighted by molar-refractivity contribution is 5.78. The SMILES string of the molecule is NNN1CCCCC1.c1ccc2[nH]ccc2c1. The molecule has 3 rings (SSSR count). The van der Waals surface area contributed by atoms with E-state index in [1.54, 1.807) is 0 Å². The lowest BCUT2D eigenvalue weighted by molar-refractivity contribution is 0.156. The van der Waals surface area contributed by atoms with E-state index < -0.39 is 0 Å². The Balaban J connectivity index is 0.000000128. The van der Waals surface area contributed by atoms with Crippen molar-refractivity contribution in [2.75, 3.05) is 13.1 Å². The van der Waals surface area contributed by atoms with Crippen LogP contribution in [0.15, 0.2) is 36.5 Å². The molecule has 0 amide bonds. The molecule has 1 aliphatic rings. The van der Waals surface area contributed by atoms with Crippen molar-refractivity contribution >= 4 is 10.9 Å². The maximum absolute atomic E-state index is 5.18. The zero-order valence-electron chi connectivity index (χ0n) is 10.0. The van der Waals surface area contributed by atoms with Crippen LogP contribution in [0.4, 0.5) is 0 Å². The molecule has 92 valence electrons. The molecule has 0 atom stereocenters. The molecule has 2 aromatic rings. The van der Waals surface area contributed by atoms with Crippen molar-refractivity contribution in [1.82, 2.24) is 15.5 Å². The normalized spacial score (nSPS) is 16.5. The Labute approximate surface area is 102 Å². The fourth-order valence-electron chi connectivity index (χ4n) is 2.02.